The summed E-state index contributed by atoms with van der Waals surface area (Å²) in [5, 5.41) is 2.93. The first-order chi connectivity index (χ1) is 12.5. The van der Waals surface area contributed by atoms with Crippen molar-refractivity contribution in [3.05, 3.63) is 65.2 Å². The number of nitrogens with zero attached hydrogens (tertiary/aromatic N) is 1. The summed E-state index contributed by atoms with van der Waals surface area (Å²) in [7, 11) is -1.99. The summed E-state index contributed by atoms with van der Waals surface area (Å²) in [5.74, 6) is 0.621. The van der Waals surface area contributed by atoms with E-state index in [1.165, 1.54) is 17.7 Å². The zero-order valence-electron chi connectivity index (χ0n) is 14.6. The SMILES string of the molecule is COc1ccc(S(=O)(=O)NCCc2csc(-c3ccccc3C)n2)cc1. The topological polar surface area (TPSA) is 68.3 Å². The van der Waals surface area contributed by atoms with Crippen LogP contribution in [0.5, 0.6) is 5.75 Å². The molecule has 0 saturated heterocycles. The molecule has 0 radical (unpaired) electrons. The van der Waals surface area contributed by atoms with Crippen molar-refractivity contribution in [3.8, 4) is 16.3 Å². The van der Waals surface area contributed by atoms with Crippen molar-refractivity contribution < 1.29 is 13.2 Å². The largest absolute Gasteiger partial charge is 0.497 e. The van der Waals surface area contributed by atoms with Crippen LogP contribution < -0.4 is 9.46 Å². The van der Waals surface area contributed by atoms with Gasteiger partial charge in [-0.25, -0.2) is 18.1 Å². The molecule has 0 unspecified atom stereocenters. The number of methoxy groups -OCH3 is 1. The molecule has 3 rings (SSSR count). The first-order valence-corrected chi connectivity index (χ1v) is 10.5. The van der Waals surface area contributed by atoms with Gasteiger partial charge in [-0.3, -0.25) is 0 Å². The summed E-state index contributed by atoms with van der Waals surface area (Å²) in [6.07, 6.45) is 0.539. The van der Waals surface area contributed by atoms with Crippen molar-refractivity contribution in [3.63, 3.8) is 0 Å². The molecule has 0 spiro atoms. The van der Waals surface area contributed by atoms with Crippen LogP contribution in [0.15, 0.2) is 58.8 Å². The van der Waals surface area contributed by atoms with Gasteiger partial charge in [-0.15, -0.1) is 11.3 Å². The normalized spacial score (nSPS) is 11.5. The fraction of sp³-hybridized carbons (Fsp3) is 0.211. The van der Waals surface area contributed by atoms with Crippen molar-refractivity contribution in [1.29, 1.82) is 0 Å². The van der Waals surface area contributed by atoms with E-state index in [0.717, 1.165) is 16.3 Å². The summed E-state index contributed by atoms with van der Waals surface area (Å²) >= 11 is 1.57. The molecule has 0 saturated carbocycles. The Morgan fingerprint density at radius 2 is 1.85 bits per heavy atom. The Kier molecular flexibility index (Phi) is 5.70. The molecule has 136 valence electrons. The lowest BCUT2D eigenvalue weighted by atomic mass is 10.1. The van der Waals surface area contributed by atoms with Crippen LogP contribution in [-0.4, -0.2) is 27.1 Å². The Balaban J connectivity index is 1.62. The second-order valence-electron chi connectivity index (χ2n) is 5.78. The van der Waals surface area contributed by atoms with Crippen LogP contribution in [0, 0.1) is 6.92 Å². The Labute approximate surface area is 157 Å². The van der Waals surface area contributed by atoms with Crippen LogP contribution >= 0.6 is 11.3 Å². The van der Waals surface area contributed by atoms with Gasteiger partial charge in [-0.1, -0.05) is 24.3 Å². The fourth-order valence-corrected chi connectivity index (χ4v) is 4.49. The maximum atomic E-state index is 12.3. The van der Waals surface area contributed by atoms with Gasteiger partial charge in [0, 0.05) is 23.9 Å². The van der Waals surface area contributed by atoms with Gasteiger partial charge < -0.3 is 4.74 Å². The van der Waals surface area contributed by atoms with Gasteiger partial charge in [0.05, 0.1) is 17.7 Å². The number of hydrogen-bond acceptors (Lipinski definition) is 5. The maximum absolute atomic E-state index is 12.3. The number of aryl methyl sites for hydroxylation is 1. The Hall–Kier alpha value is -2.22. The second-order valence-corrected chi connectivity index (χ2v) is 8.41. The van der Waals surface area contributed by atoms with Crippen molar-refractivity contribution >= 4 is 21.4 Å². The number of hydrogen-bond donors (Lipinski definition) is 1. The third-order valence-corrected chi connectivity index (χ3v) is 6.37. The molecule has 3 aromatic rings. The van der Waals surface area contributed by atoms with Gasteiger partial charge in [0.15, 0.2) is 0 Å². The average molecular weight is 389 g/mol. The molecule has 0 amide bonds. The smallest absolute Gasteiger partial charge is 0.240 e. The number of sulfonamides is 1. The van der Waals surface area contributed by atoms with Gasteiger partial charge in [0.2, 0.25) is 10.0 Å². The summed E-state index contributed by atoms with van der Waals surface area (Å²) in [6.45, 7) is 2.35. The molecule has 0 bridgehead atoms. The molecule has 0 aliphatic carbocycles. The lowest BCUT2D eigenvalue weighted by Crippen LogP contribution is -2.26. The standard InChI is InChI=1S/C19H20N2O3S2/c1-14-5-3-4-6-18(14)19-21-15(13-25-19)11-12-20-26(22,23)17-9-7-16(24-2)8-10-17/h3-10,13,20H,11-12H2,1-2H3. The maximum Gasteiger partial charge on any atom is 0.240 e. The molecule has 0 aliphatic rings. The number of nitrogens with one attached hydrogen (secondary N) is 1. The lowest BCUT2D eigenvalue weighted by Gasteiger charge is -2.07. The van der Waals surface area contributed by atoms with Crippen molar-refractivity contribution in [2.24, 2.45) is 0 Å². The molecule has 26 heavy (non-hydrogen) atoms. The molecular weight excluding hydrogens is 368 g/mol. The number of rotatable bonds is 7. The average Bonchev–Trinajstić information content (AvgIpc) is 3.10. The van der Waals surface area contributed by atoms with E-state index in [4.69, 9.17) is 4.74 Å². The van der Waals surface area contributed by atoms with Gasteiger partial charge >= 0.3 is 0 Å². The van der Waals surface area contributed by atoms with Gasteiger partial charge in [0.1, 0.15) is 10.8 Å². The highest BCUT2D eigenvalue weighted by Gasteiger charge is 2.14. The molecule has 1 N–H and O–H groups in total. The third kappa shape index (κ3) is 4.30. The fourth-order valence-electron chi connectivity index (χ4n) is 2.51. The zero-order valence-corrected chi connectivity index (χ0v) is 16.2. The summed E-state index contributed by atoms with van der Waals surface area (Å²) < 4.78 is 32.3. The van der Waals surface area contributed by atoms with Gasteiger partial charge in [0.25, 0.3) is 0 Å². The number of thiazole rings is 1. The first-order valence-electron chi connectivity index (χ1n) is 8.14. The molecule has 0 aliphatic heterocycles. The molecule has 0 fully saturated rings. The van der Waals surface area contributed by atoms with E-state index < -0.39 is 10.0 Å². The van der Waals surface area contributed by atoms with E-state index >= 15 is 0 Å². The van der Waals surface area contributed by atoms with E-state index in [1.807, 2.05) is 23.6 Å². The van der Waals surface area contributed by atoms with Crippen LogP contribution in [0.4, 0.5) is 0 Å². The van der Waals surface area contributed by atoms with E-state index in [9.17, 15) is 8.42 Å². The van der Waals surface area contributed by atoms with Crippen molar-refractivity contribution in [1.82, 2.24) is 9.71 Å². The Morgan fingerprint density at radius 3 is 2.54 bits per heavy atom. The van der Waals surface area contributed by atoms with Crippen molar-refractivity contribution in [2.45, 2.75) is 18.2 Å². The summed E-state index contributed by atoms with van der Waals surface area (Å²) in [4.78, 5) is 4.84. The molecule has 2 aromatic carbocycles. The molecule has 1 aromatic heterocycles. The minimum Gasteiger partial charge on any atom is -0.497 e. The highest BCUT2D eigenvalue weighted by molar-refractivity contribution is 7.89. The summed E-state index contributed by atoms with van der Waals surface area (Å²) in [5.41, 5.74) is 3.17. The number of ether oxygens (including phenoxy) is 1. The van der Waals surface area contributed by atoms with Crippen LogP contribution in [0.25, 0.3) is 10.6 Å². The molecule has 5 nitrogen and oxygen atoms in total. The Morgan fingerprint density at radius 1 is 1.12 bits per heavy atom. The van der Waals surface area contributed by atoms with Gasteiger partial charge in [-0.2, -0.15) is 0 Å². The molecular formula is C19H20N2O3S2. The molecule has 0 atom stereocenters. The second kappa shape index (κ2) is 7.99. The Bertz CT molecular complexity index is 980. The van der Waals surface area contributed by atoms with Crippen molar-refractivity contribution in [2.75, 3.05) is 13.7 Å². The highest BCUT2D eigenvalue weighted by Crippen LogP contribution is 2.26. The third-order valence-electron chi connectivity index (χ3n) is 3.97. The van der Waals surface area contributed by atoms with E-state index in [-0.39, 0.29) is 4.90 Å². The van der Waals surface area contributed by atoms with Crippen LogP contribution in [0.3, 0.4) is 0 Å². The van der Waals surface area contributed by atoms with Crippen LogP contribution in [0.1, 0.15) is 11.3 Å². The monoisotopic (exact) mass is 388 g/mol. The first kappa shape index (κ1) is 18.6. The van der Waals surface area contributed by atoms with E-state index in [0.29, 0.717) is 18.7 Å². The quantitative estimate of drug-likeness (QED) is 0.671. The number of benzene rings is 2. The van der Waals surface area contributed by atoms with E-state index in [1.54, 1.807) is 30.6 Å². The molecule has 1 heterocycles. The zero-order chi connectivity index (χ0) is 18.6. The minimum atomic E-state index is -3.54. The predicted octanol–water partition coefficient (Wildman–Crippen LogP) is 3.65. The van der Waals surface area contributed by atoms with Crippen LogP contribution in [0.2, 0.25) is 0 Å². The molecule has 7 heteroatoms. The predicted molar refractivity (Wildman–Crippen MR) is 104 cm³/mol. The lowest BCUT2D eigenvalue weighted by molar-refractivity contribution is 0.414. The minimum absolute atomic E-state index is 0.220. The van der Waals surface area contributed by atoms with E-state index in [2.05, 4.69) is 22.7 Å². The number of aromatic nitrogens is 1. The highest BCUT2D eigenvalue weighted by atomic mass is 32.2. The van der Waals surface area contributed by atoms with Crippen LogP contribution in [-0.2, 0) is 16.4 Å². The summed E-state index contributed by atoms with van der Waals surface area (Å²) in [6, 6.07) is 14.4. The van der Waals surface area contributed by atoms with Gasteiger partial charge in [-0.05, 0) is 36.8 Å².